The van der Waals surface area contributed by atoms with E-state index >= 15 is 0 Å². The number of ether oxygens (including phenoxy) is 2. The molecule has 5 heteroatoms. The molecule has 0 saturated carbocycles. The second-order valence-electron chi connectivity index (χ2n) is 5.07. The molecule has 4 nitrogen and oxygen atoms in total. The SMILES string of the molecule is CCOc1cccc(CC(C(=O)O)c2ccc(OC)c(Cl)c2)c1. The first kappa shape index (κ1) is 17.2. The van der Waals surface area contributed by atoms with Crippen LogP contribution in [0.1, 0.15) is 24.0 Å². The highest BCUT2D eigenvalue weighted by molar-refractivity contribution is 6.32. The van der Waals surface area contributed by atoms with Crippen molar-refractivity contribution in [3.63, 3.8) is 0 Å². The summed E-state index contributed by atoms with van der Waals surface area (Å²) >= 11 is 6.11. The third-order valence-corrected chi connectivity index (χ3v) is 3.82. The van der Waals surface area contributed by atoms with Crippen LogP contribution in [-0.4, -0.2) is 24.8 Å². The third kappa shape index (κ3) is 4.39. The Hall–Kier alpha value is -2.20. The fourth-order valence-corrected chi connectivity index (χ4v) is 2.68. The van der Waals surface area contributed by atoms with Crippen LogP contribution in [0.4, 0.5) is 0 Å². The van der Waals surface area contributed by atoms with Crippen molar-refractivity contribution in [3.05, 3.63) is 58.6 Å². The minimum absolute atomic E-state index is 0.360. The van der Waals surface area contributed by atoms with Crippen LogP contribution >= 0.6 is 11.6 Å². The minimum Gasteiger partial charge on any atom is -0.495 e. The Bertz CT molecular complexity index is 684. The number of aliphatic carboxylic acids is 1. The number of benzene rings is 2. The number of carboxylic acid groups (broad SMARTS) is 1. The summed E-state index contributed by atoms with van der Waals surface area (Å²) < 4.78 is 10.6. The summed E-state index contributed by atoms with van der Waals surface area (Å²) in [7, 11) is 1.52. The van der Waals surface area contributed by atoms with E-state index in [1.807, 2.05) is 31.2 Å². The van der Waals surface area contributed by atoms with Gasteiger partial charge in [0, 0.05) is 0 Å². The number of halogens is 1. The van der Waals surface area contributed by atoms with Crippen molar-refractivity contribution in [2.75, 3.05) is 13.7 Å². The summed E-state index contributed by atoms with van der Waals surface area (Å²) in [6.07, 6.45) is 0.360. The number of rotatable bonds is 7. The van der Waals surface area contributed by atoms with Gasteiger partial charge in [-0.15, -0.1) is 0 Å². The molecule has 0 heterocycles. The van der Waals surface area contributed by atoms with Gasteiger partial charge in [-0.1, -0.05) is 29.8 Å². The first-order valence-corrected chi connectivity index (χ1v) is 7.71. The molecule has 0 fully saturated rings. The van der Waals surface area contributed by atoms with E-state index in [0.717, 1.165) is 11.3 Å². The Balaban J connectivity index is 2.27. The predicted molar refractivity (Wildman–Crippen MR) is 89.7 cm³/mol. The topological polar surface area (TPSA) is 55.8 Å². The van der Waals surface area contributed by atoms with Crippen LogP contribution in [0.5, 0.6) is 11.5 Å². The van der Waals surface area contributed by atoms with E-state index in [1.165, 1.54) is 7.11 Å². The average molecular weight is 335 g/mol. The first-order chi connectivity index (χ1) is 11.0. The van der Waals surface area contributed by atoms with Crippen LogP contribution in [0, 0.1) is 0 Å². The third-order valence-electron chi connectivity index (χ3n) is 3.53. The lowest BCUT2D eigenvalue weighted by Gasteiger charge is -2.15. The van der Waals surface area contributed by atoms with E-state index in [2.05, 4.69) is 0 Å². The molecule has 23 heavy (non-hydrogen) atoms. The number of methoxy groups -OCH3 is 1. The average Bonchev–Trinajstić information content (AvgIpc) is 2.53. The van der Waals surface area contributed by atoms with Gasteiger partial charge in [0.25, 0.3) is 0 Å². The summed E-state index contributed by atoms with van der Waals surface area (Å²) in [5.41, 5.74) is 1.54. The standard InChI is InChI=1S/C18H19ClO4/c1-3-23-14-6-4-5-12(9-14)10-15(18(20)21)13-7-8-17(22-2)16(19)11-13/h4-9,11,15H,3,10H2,1-2H3,(H,20,21). The van der Waals surface area contributed by atoms with Crippen molar-refractivity contribution >= 4 is 17.6 Å². The predicted octanol–water partition coefficient (Wildman–Crippen LogP) is 4.16. The van der Waals surface area contributed by atoms with Gasteiger partial charge in [0.2, 0.25) is 0 Å². The zero-order valence-electron chi connectivity index (χ0n) is 13.1. The molecule has 0 bridgehead atoms. The monoisotopic (exact) mass is 334 g/mol. The second kappa shape index (κ2) is 7.88. The van der Waals surface area contributed by atoms with Gasteiger partial charge in [-0.05, 0) is 48.7 Å². The summed E-state index contributed by atoms with van der Waals surface area (Å²) in [5, 5.41) is 9.97. The molecule has 0 spiro atoms. The Labute approximate surface area is 140 Å². The molecule has 0 radical (unpaired) electrons. The lowest BCUT2D eigenvalue weighted by Crippen LogP contribution is -2.14. The molecule has 1 atom stereocenters. The molecule has 0 aliphatic rings. The van der Waals surface area contributed by atoms with Crippen LogP contribution in [0.15, 0.2) is 42.5 Å². The highest BCUT2D eigenvalue weighted by Gasteiger charge is 2.21. The van der Waals surface area contributed by atoms with Crippen molar-refractivity contribution in [2.45, 2.75) is 19.3 Å². The zero-order chi connectivity index (χ0) is 16.8. The maximum atomic E-state index is 11.7. The normalized spacial score (nSPS) is 11.8. The van der Waals surface area contributed by atoms with Gasteiger partial charge < -0.3 is 14.6 Å². The molecule has 122 valence electrons. The molecular formula is C18H19ClO4. The van der Waals surface area contributed by atoms with E-state index in [0.29, 0.717) is 29.4 Å². The van der Waals surface area contributed by atoms with E-state index in [4.69, 9.17) is 21.1 Å². The van der Waals surface area contributed by atoms with Crippen molar-refractivity contribution in [1.29, 1.82) is 0 Å². The molecule has 2 aromatic rings. The fraction of sp³-hybridized carbons (Fsp3) is 0.278. The summed E-state index contributed by atoms with van der Waals surface area (Å²) in [6, 6.07) is 12.5. The molecule has 1 N–H and O–H groups in total. The van der Waals surface area contributed by atoms with Crippen LogP contribution in [0.25, 0.3) is 0 Å². The van der Waals surface area contributed by atoms with Gasteiger partial charge in [-0.25, -0.2) is 0 Å². The van der Waals surface area contributed by atoms with Gasteiger partial charge in [-0.3, -0.25) is 4.79 Å². The summed E-state index contributed by atoms with van der Waals surface area (Å²) in [6.45, 7) is 2.48. The summed E-state index contributed by atoms with van der Waals surface area (Å²) in [5.74, 6) is -0.317. The Morgan fingerprint density at radius 2 is 2.04 bits per heavy atom. The number of hydrogen-bond acceptors (Lipinski definition) is 3. The van der Waals surface area contributed by atoms with Crippen LogP contribution < -0.4 is 9.47 Å². The van der Waals surface area contributed by atoms with Gasteiger partial charge in [0.15, 0.2) is 0 Å². The first-order valence-electron chi connectivity index (χ1n) is 7.33. The smallest absolute Gasteiger partial charge is 0.311 e. The van der Waals surface area contributed by atoms with Gasteiger partial charge in [0.1, 0.15) is 11.5 Å². The minimum atomic E-state index is -0.895. The molecule has 2 rings (SSSR count). The highest BCUT2D eigenvalue weighted by Crippen LogP contribution is 2.30. The Kier molecular flexibility index (Phi) is 5.88. The molecule has 0 aliphatic carbocycles. The van der Waals surface area contributed by atoms with E-state index < -0.39 is 11.9 Å². The molecule has 2 aromatic carbocycles. The second-order valence-corrected chi connectivity index (χ2v) is 5.48. The molecule has 1 unspecified atom stereocenters. The number of hydrogen-bond donors (Lipinski definition) is 1. The van der Waals surface area contributed by atoms with E-state index in [9.17, 15) is 9.90 Å². The molecular weight excluding hydrogens is 316 g/mol. The van der Waals surface area contributed by atoms with Crippen molar-refractivity contribution in [2.24, 2.45) is 0 Å². The lowest BCUT2D eigenvalue weighted by molar-refractivity contribution is -0.138. The van der Waals surface area contributed by atoms with Crippen LogP contribution in [-0.2, 0) is 11.2 Å². The van der Waals surface area contributed by atoms with Crippen LogP contribution in [0.2, 0.25) is 5.02 Å². The quantitative estimate of drug-likeness (QED) is 0.826. The molecule has 0 saturated heterocycles. The van der Waals surface area contributed by atoms with Gasteiger partial charge >= 0.3 is 5.97 Å². The van der Waals surface area contributed by atoms with Crippen molar-refractivity contribution in [3.8, 4) is 11.5 Å². The van der Waals surface area contributed by atoms with E-state index in [1.54, 1.807) is 18.2 Å². The van der Waals surface area contributed by atoms with Crippen molar-refractivity contribution < 1.29 is 19.4 Å². The van der Waals surface area contributed by atoms with Crippen LogP contribution in [0.3, 0.4) is 0 Å². The van der Waals surface area contributed by atoms with E-state index in [-0.39, 0.29) is 0 Å². The van der Waals surface area contributed by atoms with Gasteiger partial charge in [-0.2, -0.15) is 0 Å². The maximum Gasteiger partial charge on any atom is 0.311 e. The molecule has 0 aromatic heterocycles. The highest BCUT2D eigenvalue weighted by atomic mass is 35.5. The van der Waals surface area contributed by atoms with Crippen molar-refractivity contribution in [1.82, 2.24) is 0 Å². The zero-order valence-corrected chi connectivity index (χ0v) is 13.8. The fourth-order valence-electron chi connectivity index (χ4n) is 2.41. The summed E-state index contributed by atoms with van der Waals surface area (Å²) in [4.78, 5) is 11.7. The molecule has 0 amide bonds. The number of carbonyl (C=O) groups is 1. The molecule has 0 aliphatic heterocycles. The Morgan fingerprint density at radius 3 is 2.65 bits per heavy atom. The van der Waals surface area contributed by atoms with Gasteiger partial charge in [0.05, 0.1) is 24.7 Å². The Morgan fingerprint density at radius 1 is 1.26 bits per heavy atom. The largest absolute Gasteiger partial charge is 0.495 e. The number of carboxylic acids is 1. The lowest BCUT2D eigenvalue weighted by atomic mass is 9.92. The maximum absolute atomic E-state index is 11.7.